The van der Waals surface area contributed by atoms with E-state index in [9.17, 15) is 14.4 Å². The van der Waals surface area contributed by atoms with Gasteiger partial charge in [0.05, 0.1) is 18.2 Å². The van der Waals surface area contributed by atoms with Crippen molar-refractivity contribution in [2.75, 3.05) is 18.5 Å². The van der Waals surface area contributed by atoms with Crippen LogP contribution in [0.5, 0.6) is 5.75 Å². The summed E-state index contributed by atoms with van der Waals surface area (Å²) >= 11 is 0. The van der Waals surface area contributed by atoms with Crippen LogP contribution in [0.2, 0.25) is 0 Å². The summed E-state index contributed by atoms with van der Waals surface area (Å²) in [5.74, 6) is -0.727. The molecule has 0 spiro atoms. The highest BCUT2D eigenvalue weighted by Gasteiger charge is 2.11. The fourth-order valence-corrected chi connectivity index (χ4v) is 2.11. The fourth-order valence-electron chi connectivity index (χ4n) is 2.11. The zero-order valence-corrected chi connectivity index (χ0v) is 15.2. The van der Waals surface area contributed by atoms with Crippen molar-refractivity contribution in [2.24, 2.45) is 0 Å². The second kappa shape index (κ2) is 9.96. The van der Waals surface area contributed by atoms with Gasteiger partial charge in [0, 0.05) is 5.69 Å². The summed E-state index contributed by atoms with van der Waals surface area (Å²) in [7, 11) is 0. The van der Waals surface area contributed by atoms with Crippen molar-refractivity contribution in [3.63, 3.8) is 0 Å². The van der Waals surface area contributed by atoms with Gasteiger partial charge in [-0.1, -0.05) is 24.3 Å². The van der Waals surface area contributed by atoms with Gasteiger partial charge in [-0.15, -0.1) is 0 Å². The molecule has 0 aliphatic carbocycles. The van der Waals surface area contributed by atoms with Gasteiger partial charge in [-0.3, -0.25) is 9.59 Å². The average molecular weight is 370 g/mol. The number of carbonyl (C=O) groups excluding carboxylic acids is 3. The van der Waals surface area contributed by atoms with Crippen molar-refractivity contribution in [3.05, 3.63) is 60.2 Å². The maximum absolute atomic E-state index is 12.0. The van der Waals surface area contributed by atoms with Crippen molar-refractivity contribution >= 4 is 23.5 Å². The van der Waals surface area contributed by atoms with Crippen LogP contribution in [0.3, 0.4) is 0 Å². The van der Waals surface area contributed by atoms with E-state index >= 15 is 0 Å². The Kier molecular flexibility index (Phi) is 7.37. The van der Waals surface area contributed by atoms with E-state index in [4.69, 9.17) is 9.47 Å². The predicted molar refractivity (Wildman–Crippen MR) is 101 cm³/mol. The van der Waals surface area contributed by atoms with Gasteiger partial charge >= 0.3 is 5.97 Å². The Balaban J connectivity index is 1.78. The highest BCUT2D eigenvalue weighted by atomic mass is 16.5. The molecule has 0 fully saturated rings. The molecule has 2 N–H and O–H groups in total. The highest BCUT2D eigenvalue weighted by molar-refractivity contribution is 5.96. The molecule has 0 heterocycles. The molecule has 0 atom stereocenters. The molecular weight excluding hydrogens is 348 g/mol. The van der Waals surface area contributed by atoms with Gasteiger partial charge in [0.25, 0.3) is 5.91 Å². The number of anilines is 1. The lowest BCUT2D eigenvalue weighted by Crippen LogP contribution is -2.35. The number of hydrogen-bond acceptors (Lipinski definition) is 5. The largest absolute Gasteiger partial charge is 0.484 e. The number of rotatable bonds is 8. The quantitative estimate of drug-likeness (QED) is 0.696. The second-order valence-electron chi connectivity index (χ2n) is 5.96. The van der Waals surface area contributed by atoms with E-state index < -0.39 is 17.8 Å². The topological polar surface area (TPSA) is 93.7 Å². The number of hydrogen-bond donors (Lipinski definition) is 2. The number of para-hydroxylation sites is 1. The van der Waals surface area contributed by atoms with Crippen LogP contribution in [0.25, 0.3) is 0 Å². The van der Waals surface area contributed by atoms with Crippen LogP contribution in [0.1, 0.15) is 24.2 Å². The Bertz CT molecular complexity index is 790. The molecule has 2 aromatic carbocycles. The van der Waals surface area contributed by atoms with Crippen LogP contribution >= 0.6 is 0 Å². The summed E-state index contributed by atoms with van der Waals surface area (Å²) < 4.78 is 10.4. The van der Waals surface area contributed by atoms with Crippen molar-refractivity contribution in [2.45, 2.75) is 20.0 Å². The average Bonchev–Trinajstić information content (AvgIpc) is 2.65. The fraction of sp³-hybridized carbons (Fsp3) is 0.250. The van der Waals surface area contributed by atoms with Crippen LogP contribution in [0.15, 0.2) is 54.6 Å². The molecule has 2 aromatic rings. The van der Waals surface area contributed by atoms with E-state index in [1.807, 2.05) is 6.07 Å². The summed E-state index contributed by atoms with van der Waals surface area (Å²) in [6.45, 7) is 3.12. The first-order chi connectivity index (χ1) is 12.9. The summed E-state index contributed by atoms with van der Waals surface area (Å²) in [4.78, 5) is 35.6. The van der Waals surface area contributed by atoms with E-state index in [-0.39, 0.29) is 19.3 Å². The predicted octanol–water partition coefficient (Wildman–Crippen LogP) is 2.39. The van der Waals surface area contributed by atoms with Gasteiger partial charge in [0.15, 0.2) is 6.61 Å². The molecule has 0 aliphatic heterocycles. The lowest BCUT2D eigenvalue weighted by atomic mass is 10.2. The third-order valence-corrected chi connectivity index (χ3v) is 3.28. The minimum Gasteiger partial charge on any atom is -0.484 e. The summed E-state index contributed by atoms with van der Waals surface area (Å²) in [6, 6.07) is 15.3. The molecule has 0 saturated heterocycles. The lowest BCUT2D eigenvalue weighted by Gasteiger charge is -2.10. The third kappa shape index (κ3) is 7.19. The highest BCUT2D eigenvalue weighted by Crippen LogP contribution is 2.12. The molecule has 142 valence electrons. The standard InChI is InChI=1S/C20H22N2O5/c1-14(2)27-20(25)15-7-6-8-16(11-15)22-18(23)12-21-19(24)13-26-17-9-4-3-5-10-17/h3-11,14H,12-13H2,1-2H3,(H,21,24)(H,22,23). The maximum Gasteiger partial charge on any atom is 0.338 e. The molecule has 7 nitrogen and oxygen atoms in total. The van der Waals surface area contributed by atoms with Crippen LogP contribution in [0, 0.1) is 0 Å². The molecule has 0 bridgehead atoms. The molecule has 0 unspecified atom stereocenters. The van der Waals surface area contributed by atoms with Crippen LogP contribution in [0.4, 0.5) is 5.69 Å². The van der Waals surface area contributed by atoms with E-state index in [1.54, 1.807) is 56.3 Å². The first-order valence-corrected chi connectivity index (χ1v) is 8.49. The number of carbonyl (C=O) groups is 3. The Morgan fingerprint density at radius 2 is 1.70 bits per heavy atom. The lowest BCUT2D eigenvalue weighted by molar-refractivity contribution is -0.125. The Morgan fingerprint density at radius 1 is 0.963 bits per heavy atom. The van der Waals surface area contributed by atoms with Crippen LogP contribution in [-0.4, -0.2) is 37.0 Å². The Labute approximate surface area is 157 Å². The summed E-state index contributed by atoms with van der Waals surface area (Å²) in [5.41, 5.74) is 0.773. The van der Waals surface area contributed by atoms with Crippen molar-refractivity contribution in [1.29, 1.82) is 0 Å². The molecule has 7 heteroatoms. The van der Waals surface area contributed by atoms with E-state index in [1.165, 1.54) is 6.07 Å². The van der Waals surface area contributed by atoms with Gasteiger partial charge in [0.1, 0.15) is 5.75 Å². The normalized spacial score (nSPS) is 10.2. The summed E-state index contributed by atoms with van der Waals surface area (Å²) in [6.07, 6.45) is -0.232. The number of nitrogens with one attached hydrogen (secondary N) is 2. The molecule has 0 aromatic heterocycles. The molecule has 2 rings (SSSR count). The van der Waals surface area contributed by atoms with Crippen LogP contribution in [-0.2, 0) is 14.3 Å². The molecule has 0 aliphatic rings. The van der Waals surface area contributed by atoms with Gasteiger partial charge in [0.2, 0.25) is 5.91 Å². The molecule has 0 saturated carbocycles. The zero-order valence-electron chi connectivity index (χ0n) is 15.2. The van der Waals surface area contributed by atoms with Gasteiger partial charge in [-0.2, -0.15) is 0 Å². The SMILES string of the molecule is CC(C)OC(=O)c1cccc(NC(=O)CNC(=O)COc2ccccc2)c1. The monoisotopic (exact) mass is 370 g/mol. The van der Waals surface area contributed by atoms with Gasteiger partial charge < -0.3 is 20.1 Å². The smallest absolute Gasteiger partial charge is 0.338 e. The maximum atomic E-state index is 12.0. The van der Waals surface area contributed by atoms with Gasteiger partial charge in [-0.05, 0) is 44.2 Å². The van der Waals surface area contributed by atoms with Crippen molar-refractivity contribution in [1.82, 2.24) is 5.32 Å². The molecule has 27 heavy (non-hydrogen) atoms. The molecular formula is C20H22N2O5. The Hall–Kier alpha value is -3.35. The Morgan fingerprint density at radius 3 is 2.41 bits per heavy atom. The first-order valence-electron chi connectivity index (χ1n) is 8.49. The molecule has 2 amide bonds. The van der Waals surface area contributed by atoms with E-state index in [0.717, 1.165) is 0 Å². The minimum absolute atomic E-state index is 0.187. The number of esters is 1. The van der Waals surface area contributed by atoms with E-state index in [2.05, 4.69) is 10.6 Å². The number of ether oxygens (including phenoxy) is 2. The minimum atomic E-state index is -0.465. The van der Waals surface area contributed by atoms with Gasteiger partial charge in [-0.25, -0.2) is 4.79 Å². The zero-order chi connectivity index (χ0) is 19.6. The van der Waals surface area contributed by atoms with Crippen molar-refractivity contribution < 1.29 is 23.9 Å². The number of amides is 2. The van der Waals surface area contributed by atoms with E-state index in [0.29, 0.717) is 17.0 Å². The number of benzene rings is 2. The van der Waals surface area contributed by atoms with Crippen molar-refractivity contribution in [3.8, 4) is 5.75 Å². The first kappa shape index (κ1) is 20.0. The second-order valence-corrected chi connectivity index (χ2v) is 5.96. The third-order valence-electron chi connectivity index (χ3n) is 3.28. The molecule has 0 radical (unpaired) electrons. The summed E-state index contributed by atoms with van der Waals surface area (Å²) in [5, 5.41) is 5.09. The van der Waals surface area contributed by atoms with Crippen LogP contribution < -0.4 is 15.4 Å².